The summed E-state index contributed by atoms with van der Waals surface area (Å²) in [4.78, 5) is 22.7. The summed E-state index contributed by atoms with van der Waals surface area (Å²) in [5, 5.41) is 14.7. The van der Waals surface area contributed by atoms with Crippen LogP contribution in [0.5, 0.6) is 0 Å². The largest absolute Gasteiger partial charge is 0.373 e. The Labute approximate surface area is 194 Å². The summed E-state index contributed by atoms with van der Waals surface area (Å²) in [6.07, 6.45) is 6.87. The van der Waals surface area contributed by atoms with Crippen LogP contribution in [0.4, 0.5) is 11.8 Å². The smallest absolute Gasteiger partial charge is 0.225 e. The van der Waals surface area contributed by atoms with Crippen molar-refractivity contribution in [2.75, 3.05) is 42.1 Å². The molecule has 5 unspecified atom stereocenters. The van der Waals surface area contributed by atoms with Gasteiger partial charge in [0.05, 0.1) is 33.9 Å². The fraction of sp³-hybridized carbons (Fsp3) is 0.619. The zero-order valence-corrected chi connectivity index (χ0v) is 19.2. The minimum atomic E-state index is -1.09. The Balaban J connectivity index is 1.08. The first-order chi connectivity index (χ1) is 15.6. The summed E-state index contributed by atoms with van der Waals surface area (Å²) < 4.78 is 12.3. The molecule has 0 bridgehead atoms. The predicted octanol–water partition coefficient (Wildman–Crippen LogP) is 1.16. The number of likely N-dealkylation sites (tertiary alicyclic amines) is 1. The Morgan fingerprint density at radius 2 is 1.84 bits per heavy atom. The van der Waals surface area contributed by atoms with E-state index in [0.29, 0.717) is 45.8 Å². The van der Waals surface area contributed by atoms with E-state index in [1.807, 2.05) is 0 Å². The number of aliphatic hydroxyl groups excluding tert-OH is 1. The molecule has 3 aliphatic heterocycles. The minimum Gasteiger partial charge on any atom is -0.373 e. The number of aromatic nitrogens is 4. The molecule has 6 atom stereocenters. The van der Waals surface area contributed by atoms with Crippen molar-refractivity contribution in [1.29, 1.82) is 0 Å². The van der Waals surface area contributed by atoms with Gasteiger partial charge in [0.25, 0.3) is 0 Å². The molecule has 2 aromatic rings. The van der Waals surface area contributed by atoms with E-state index in [1.54, 1.807) is 12.4 Å². The minimum absolute atomic E-state index is 0.144. The van der Waals surface area contributed by atoms with Crippen LogP contribution in [0.25, 0.3) is 0 Å². The van der Waals surface area contributed by atoms with E-state index in [1.165, 1.54) is 6.33 Å². The molecular formula is C21H26ClN7O2S. The van der Waals surface area contributed by atoms with Crippen molar-refractivity contribution in [3.63, 3.8) is 0 Å². The van der Waals surface area contributed by atoms with Crippen LogP contribution in [0, 0.1) is 17.8 Å². The van der Waals surface area contributed by atoms with Gasteiger partial charge in [-0.3, -0.25) is 9.11 Å². The lowest BCUT2D eigenvalue weighted by atomic mass is 9.77. The van der Waals surface area contributed by atoms with Gasteiger partial charge in [0, 0.05) is 50.3 Å². The highest BCUT2D eigenvalue weighted by molar-refractivity contribution is 7.85. The molecule has 3 fully saturated rings. The van der Waals surface area contributed by atoms with E-state index in [0.717, 1.165) is 50.7 Å². The highest BCUT2D eigenvalue weighted by Gasteiger charge is 2.48. The first-order valence-electron chi connectivity index (χ1n) is 11.2. The van der Waals surface area contributed by atoms with Crippen molar-refractivity contribution in [1.82, 2.24) is 24.8 Å². The van der Waals surface area contributed by atoms with Crippen molar-refractivity contribution in [3.05, 3.63) is 29.4 Å². The lowest BCUT2D eigenvalue weighted by Gasteiger charge is -2.45. The summed E-state index contributed by atoms with van der Waals surface area (Å²) in [5.41, 5.74) is 0.833. The number of fused-ring (bicyclic) bond motifs is 2. The molecule has 0 amide bonds. The second-order valence-corrected chi connectivity index (χ2v) is 11.2. The quantitative estimate of drug-likeness (QED) is 0.616. The van der Waals surface area contributed by atoms with Crippen LogP contribution in [0.2, 0.25) is 5.02 Å². The van der Waals surface area contributed by atoms with Gasteiger partial charge in [-0.1, -0.05) is 11.6 Å². The molecule has 11 heteroatoms. The van der Waals surface area contributed by atoms with E-state index in [2.05, 4.69) is 35.1 Å². The van der Waals surface area contributed by atoms with Crippen LogP contribution in [0.1, 0.15) is 18.5 Å². The number of rotatable bonds is 5. The molecule has 5 heterocycles. The normalized spacial score (nSPS) is 32.4. The van der Waals surface area contributed by atoms with E-state index in [9.17, 15) is 9.32 Å². The molecule has 2 N–H and O–H groups in total. The molecule has 4 aliphatic rings. The maximum Gasteiger partial charge on any atom is 0.225 e. The predicted molar refractivity (Wildman–Crippen MR) is 121 cm³/mol. The second kappa shape index (κ2) is 8.16. The zero-order chi connectivity index (χ0) is 21.8. The number of anilines is 2. The SMILES string of the molecule is O=S1CCc2ncnc(N[C@H](O)C3CCC3N3CC4CN(c5ncc(Cl)cn5)CC4C3)c21. The topological polar surface area (TPSA) is 107 Å². The van der Waals surface area contributed by atoms with Gasteiger partial charge in [0.1, 0.15) is 23.3 Å². The number of aliphatic hydroxyl groups is 1. The molecule has 1 aliphatic carbocycles. The Morgan fingerprint density at radius 3 is 2.53 bits per heavy atom. The number of nitrogens with zero attached hydrogens (tertiary/aromatic N) is 6. The average molecular weight is 476 g/mol. The summed E-state index contributed by atoms with van der Waals surface area (Å²) in [5.74, 6) is 3.19. The zero-order valence-electron chi connectivity index (χ0n) is 17.6. The van der Waals surface area contributed by atoms with Gasteiger partial charge >= 0.3 is 0 Å². The first kappa shape index (κ1) is 20.7. The molecule has 0 spiro atoms. The van der Waals surface area contributed by atoms with Gasteiger partial charge in [-0.25, -0.2) is 19.9 Å². The highest BCUT2D eigenvalue weighted by Crippen LogP contribution is 2.41. The van der Waals surface area contributed by atoms with E-state index >= 15 is 0 Å². The van der Waals surface area contributed by atoms with Crippen LogP contribution in [0.15, 0.2) is 23.6 Å². The average Bonchev–Trinajstić information content (AvgIpc) is 3.42. The Hall–Kier alpha value is -1.88. The highest BCUT2D eigenvalue weighted by atomic mass is 35.5. The number of halogens is 1. The van der Waals surface area contributed by atoms with E-state index in [4.69, 9.17) is 11.6 Å². The standard InChI is InChI=1S/C21H26ClN7O2S/c22-14-5-23-21(24-6-14)29-9-12-7-28(8-13(12)10-29)17-2-1-15(17)20(30)27-19-18-16(25-11-26-19)3-4-32(18)31/h5-6,11-13,15,17,20,30H,1-4,7-10H2,(H,25,26,27)/t12?,13?,15?,17?,20-,32?/m1/s1. The summed E-state index contributed by atoms with van der Waals surface area (Å²) in [6.45, 7) is 3.99. The van der Waals surface area contributed by atoms with Crippen LogP contribution < -0.4 is 10.2 Å². The lowest BCUT2D eigenvalue weighted by molar-refractivity contribution is -0.00433. The fourth-order valence-corrected chi connectivity index (χ4v) is 7.16. The summed E-state index contributed by atoms with van der Waals surface area (Å²) in [7, 11) is -1.09. The van der Waals surface area contributed by atoms with Crippen LogP contribution in [-0.2, 0) is 17.2 Å². The van der Waals surface area contributed by atoms with E-state index in [-0.39, 0.29) is 5.92 Å². The molecule has 9 nitrogen and oxygen atoms in total. The lowest BCUT2D eigenvalue weighted by Crippen LogP contribution is -2.53. The van der Waals surface area contributed by atoms with Gasteiger partial charge in [-0.05, 0) is 24.7 Å². The Morgan fingerprint density at radius 1 is 1.09 bits per heavy atom. The van der Waals surface area contributed by atoms with E-state index < -0.39 is 17.0 Å². The third kappa shape index (κ3) is 3.57. The van der Waals surface area contributed by atoms with Crippen molar-refractivity contribution in [2.45, 2.75) is 36.4 Å². The number of hydrogen-bond acceptors (Lipinski definition) is 9. The number of aryl methyl sites for hydroxylation is 1. The van der Waals surface area contributed by atoms with Crippen molar-refractivity contribution >= 4 is 34.2 Å². The molecule has 2 aromatic heterocycles. The molecule has 2 saturated heterocycles. The molecule has 32 heavy (non-hydrogen) atoms. The van der Waals surface area contributed by atoms with Crippen molar-refractivity contribution in [3.8, 4) is 0 Å². The first-order valence-corrected chi connectivity index (χ1v) is 12.9. The molecule has 6 rings (SSSR count). The van der Waals surface area contributed by atoms with Gasteiger partial charge in [-0.2, -0.15) is 0 Å². The fourth-order valence-electron chi connectivity index (χ4n) is 5.73. The van der Waals surface area contributed by atoms with Crippen molar-refractivity contribution < 1.29 is 9.32 Å². The number of hydrogen-bond donors (Lipinski definition) is 2. The third-order valence-corrected chi connectivity index (χ3v) is 9.14. The van der Waals surface area contributed by atoms with Crippen LogP contribution >= 0.6 is 11.6 Å². The maximum atomic E-state index is 12.3. The maximum absolute atomic E-state index is 12.3. The summed E-state index contributed by atoms with van der Waals surface area (Å²) in [6, 6.07) is 0.365. The number of nitrogens with one attached hydrogen (secondary N) is 1. The Kier molecular flexibility index (Phi) is 5.28. The van der Waals surface area contributed by atoms with Gasteiger partial charge < -0.3 is 15.3 Å². The molecular weight excluding hydrogens is 450 g/mol. The third-order valence-electron chi connectivity index (χ3n) is 7.48. The molecule has 0 radical (unpaired) electrons. The van der Waals surface area contributed by atoms with Crippen LogP contribution in [-0.4, -0.2) is 78.4 Å². The molecule has 0 aromatic carbocycles. The van der Waals surface area contributed by atoms with Gasteiger partial charge in [-0.15, -0.1) is 0 Å². The van der Waals surface area contributed by atoms with Crippen molar-refractivity contribution in [2.24, 2.45) is 17.8 Å². The van der Waals surface area contributed by atoms with Gasteiger partial charge in [0.15, 0.2) is 0 Å². The molecule has 170 valence electrons. The monoisotopic (exact) mass is 475 g/mol. The summed E-state index contributed by atoms with van der Waals surface area (Å²) >= 11 is 5.92. The van der Waals surface area contributed by atoms with Crippen LogP contribution in [0.3, 0.4) is 0 Å². The van der Waals surface area contributed by atoms with Gasteiger partial charge in [0.2, 0.25) is 5.95 Å². The Bertz CT molecular complexity index is 1030. The second-order valence-electron chi connectivity index (χ2n) is 9.28. The molecule has 1 saturated carbocycles.